The van der Waals surface area contributed by atoms with E-state index in [1.54, 1.807) is 26.0 Å². The van der Waals surface area contributed by atoms with Crippen molar-refractivity contribution in [3.8, 4) is 0 Å². The molecule has 0 radical (unpaired) electrons. The molecule has 0 amide bonds. The summed E-state index contributed by atoms with van der Waals surface area (Å²) in [6.07, 6.45) is -0.106. The van der Waals surface area contributed by atoms with Crippen molar-refractivity contribution in [1.29, 1.82) is 0 Å². The van der Waals surface area contributed by atoms with Gasteiger partial charge < -0.3 is 4.74 Å². The average molecular weight is 313 g/mol. The summed E-state index contributed by atoms with van der Waals surface area (Å²) in [7, 11) is 1.54. The minimum absolute atomic E-state index is 0.106. The Morgan fingerprint density at radius 1 is 1.22 bits per heavy atom. The van der Waals surface area contributed by atoms with Crippen molar-refractivity contribution in [2.75, 3.05) is 0 Å². The molecule has 1 aromatic carbocycles. The second-order valence-electron chi connectivity index (χ2n) is 3.66. The van der Waals surface area contributed by atoms with Crippen LogP contribution in [-0.2, 0) is 13.8 Å². The van der Waals surface area contributed by atoms with Gasteiger partial charge in [0.25, 0.3) is 9.05 Å². The van der Waals surface area contributed by atoms with E-state index >= 15 is 0 Å². The van der Waals surface area contributed by atoms with Gasteiger partial charge in [0.1, 0.15) is 0 Å². The van der Waals surface area contributed by atoms with E-state index in [2.05, 4.69) is 4.74 Å². The number of carbonyl (C=O) groups excluding carboxylic acids is 1. The summed E-state index contributed by atoms with van der Waals surface area (Å²) in [5, 5.41) is 0. The van der Waals surface area contributed by atoms with E-state index in [0.29, 0.717) is 0 Å². The van der Waals surface area contributed by atoms with Crippen molar-refractivity contribution in [2.45, 2.75) is 31.8 Å². The van der Waals surface area contributed by atoms with Gasteiger partial charge in [-0.25, -0.2) is 13.2 Å². The molecule has 0 aromatic heterocycles. The van der Waals surface area contributed by atoms with E-state index < -0.39 is 14.5 Å². The monoisotopic (exact) mass is 312 g/mol. The molecule has 18 heavy (non-hydrogen) atoms. The van der Waals surface area contributed by atoms with E-state index in [-0.39, 0.29) is 11.0 Å². The fraction of sp³-hybridized carbons (Fsp3) is 0.364. The first-order valence-electron chi connectivity index (χ1n) is 5.00. The molecule has 1 rings (SSSR count). The topological polar surface area (TPSA) is 60.4 Å². The van der Waals surface area contributed by atoms with Gasteiger partial charge in [0, 0.05) is 22.3 Å². The molecular weight excluding hydrogens is 299 g/mol. The highest BCUT2D eigenvalue weighted by Gasteiger charge is 2.07. The first kappa shape index (κ1) is 17.2. The van der Waals surface area contributed by atoms with Crippen LogP contribution < -0.4 is 0 Å². The van der Waals surface area contributed by atoms with Crippen LogP contribution in [-0.4, -0.2) is 20.0 Å². The van der Waals surface area contributed by atoms with E-state index in [1.165, 1.54) is 12.1 Å². The van der Waals surface area contributed by atoms with Crippen LogP contribution in [0.4, 0.5) is 4.79 Å². The zero-order chi connectivity index (χ0) is 14.3. The first-order valence-corrected chi connectivity index (χ1v) is 7.69. The van der Waals surface area contributed by atoms with Gasteiger partial charge in [-0.3, -0.25) is 0 Å². The molecular formula is C11H14Cl2O4S. The Bertz CT molecular complexity index is 480. The summed E-state index contributed by atoms with van der Waals surface area (Å²) in [5.41, 5.74) is 0.268. The minimum Gasteiger partial charge on any atom is -0.451 e. The summed E-state index contributed by atoms with van der Waals surface area (Å²) >= 11 is 4.81. The molecule has 0 saturated carbocycles. The Hall–Kier alpha value is -0.780. The minimum atomic E-state index is -3.55. The smallest absolute Gasteiger partial charge is 0.404 e. The van der Waals surface area contributed by atoms with Crippen molar-refractivity contribution < 1.29 is 17.9 Å². The third-order valence-corrected chi connectivity index (χ3v) is 3.09. The Morgan fingerprint density at radius 2 is 1.67 bits per heavy atom. The zero-order valence-electron chi connectivity index (χ0n) is 10.2. The molecule has 0 aliphatic heterocycles. The van der Waals surface area contributed by atoms with Crippen LogP contribution in [0.15, 0.2) is 29.2 Å². The Balaban J connectivity index is 0.000000360. The van der Waals surface area contributed by atoms with Gasteiger partial charge in [-0.15, -0.1) is 0 Å². The lowest BCUT2D eigenvalue weighted by Gasteiger charge is -2.00. The molecule has 0 aliphatic carbocycles. The van der Waals surface area contributed by atoms with E-state index in [9.17, 15) is 13.2 Å². The summed E-state index contributed by atoms with van der Waals surface area (Å²) < 4.78 is 25.8. The summed E-state index contributed by atoms with van der Waals surface area (Å²) in [6.45, 7) is 5.35. The van der Waals surface area contributed by atoms with Gasteiger partial charge in [-0.1, -0.05) is 17.7 Å². The molecule has 0 bridgehead atoms. The average Bonchev–Trinajstić information content (AvgIpc) is 2.15. The Labute approximate surface area is 116 Å². The predicted octanol–water partition coefficient (Wildman–Crippen LogP) is 3.69. The molecule has 102 valence electrons. The Kier molecular flexibility index (Phi) is 7.28. The summed E-state index contributed by atoms with van der Waals surface area (Å²) in [5.74, 6) is 0. The fourth-order valence-electron chi connectivity index (χ4n) is 0.886. The van der Waals surface area contributed by atoms with Crippen LogP contribution in [0.2, 0.25) is 0 Å². The molecule has 0 aliphatic rings. The second kappa shape index (κ2) is 7.61. The number of halogens is 2. The van der Waals surface area contributed by atoms with Crippen LogP contribution in [0.5, 0.6) is 0 Å². The van der Waals surface area contributed by atoms with Gasteiger partial charge in [0.2, 0.25) is 0 Å². The lowest BCUT2D eigenvalue weighted by atomic mass is 10.2. The van der Waals surface area contributed by atoms with Crippen LogP contribution in [0, 0.1) is 6.92 Å². The van der Waals surface area contributed by atoms with Crippen molar-refractivity contribution >= 4 is 36.8 Å². The highest BCUT2D eigenvalue weighted by Crippen LogP contribution is 2.14. The number of ether oxygens (including phenoxy) is 1. The summed E-state index contributed by atoms with van der Waals surface area (Å²) in [6, 6.07) is 6.37. The number of aryl methyl sites for hydroxylation is 1. The normalized spacial score (nSPS) is 10.6. The highest BCUT2D eigenvalue weighted by molar-refractivity contribution is 8.13. The van der Waals surface area contributed by atoms with E-state index in [0.717, 1.165) is 5.56 Å². The van der Waals surface area contributed by atoms with Crippen LogP contribution in [0.1, 0.15) is 19.4 Å². The molecule has 7 heteroatoms. The number of rotatable bonds is 2. The lowest BCUT2D eigenvalue weighted by Crippen LogP contribution is -2.03. The molecule has 0 saturated heterocycles. The van der Waals surface area contributed by atoms with Gasteiger partial charge in [0.15, 0.2) is 0 Å². The van der Waals surface area contributed by atoms with Crippen molar-refractivity contribution in [1.82, 2.24) is 0 Å². The van der Waals surface area contributed by atoms with Crippen molar-refractivity contribution in [2.24, 2.45) is 0 Å². The summed E-state index contributed by atoms with van der Waals surface area (Å²) in [4.78, 5) is 9.94. The third kappa shape index (κ3) is 8.33. The highest BCUT2D eigenvalue weighted by atomic mass is 35.7. The van der Waals surface area contributed by atoms with Gasteiger partial charge in [-0.2, -0.15) is 0 Å². The Morgan fingerprint density at radius 3 is 1.89 bits per heavy atom. The second-order valence-corrected chi connectivity index (χ2v) is 6.53. The molecule has 0 unspecified atom stereocenters. The largest absolute Gasteiger partial charge is 0.451 e. The number of benzene rings is 1. The number of hydrogen-bond donors (Lipinski definition) is 0. The molecule has 1 aromatic rings. The van der Waals surface area contributed by atoms with Crippen LogP contribution in [0.25, 0.3) is 0 Å². The maximum absolute atomic E-state index is 10.7. The molecule has 4 nitrogen and oxygen atoms in total. The van der Waals surface area contributed by atoms with E-state index in [4.69, 9.17) is 22.3 Å². The molecule has 0 fully saturated rings. The van der Waals surface area contributed by atoms with Gasteiger partial charge in [0.05, 0.1) is 11.0 Å². The molecule has 0 atom stereocenters. The maximum atomic E-state index is 10.7. The standard InChI is InChI=1S/C7H7ClO2S.C4H7ClO2/c1-6-2-4-7(5-3-6)11(8,9)10;1-3(2)7-4(5)6/h2-5H,1H3;3H,1-2H3. The van der Waals surface area contributed by atoms with Crippen LogP contribution in [0.3, 0.4) is 0 Å². The molecule has 0 heterocycles. The number of hydrogen-bond acceptors (Lipinski definition) is 4. The van der Waals surface area contributed by atoms with Gasteiger partial charge in [-0.05, 0) is 32.9 Å². The fourth-order valence-corrected chi connectivity index (χ4v) is 1.83. The third-order valence-electron chi connectivity index (χ3n) is 1.63. The predicted molar refractivity (Wildman–Crippen MR) is 71.7 cm³/mol. The van der Waals surface area contributed by atoms with E-state index in [1.807, 2.05) is 6.92 Å². The van der Waals surface area contributed by atoms with Crippen LogP contribution >= 0.6 is 22.3 Å². The molecule has 0 spiro atoms. The lowest BCUT2D eigenvalue weighted by molar-refractivity contribution is 0.141. The zero-order valence-corrected chi connectivity index (χ0v) is 12.5. The maximum Gasteiger partial charge on any atom is 0.404 e. The van der Waals surface area contributed by atoms with Gasteiger partial charge >= 0.3 is 5.43 Å². The first-order chi connectivity index (χ1) is 8.12. The quantitative estimate of drug-likeness (QED) is 0.781. The number of carbonyl (C=O) groups is 1. The molecule has 0 N–H and O–H groups in total. The van der Waals surface area contributed by atoms with Crippen molar-refractivity contribution in [3.05, 3.63) is 29.8 Å². The SMILES string of the molecule is CC(C)OC(=O)Cl.Cc1ccc(S(=O)(=O)Cl)cc1. The van der Waals surface area contributed by atoms with Crippen molar-refractivity contribution in [3.63, 3.8) is 0 Å².